The smallest absolute Gasteiger partial charge is 0.341 e. The number of rotatable bonds is 4. The Balaban J connectivity index is 0.00000243. The molecule has 2 aromatic heterocycles. The van der Waals surface area contributed by atoms with E-state index in [1.54, 1.807) is 25.1 Å². The summed E-state index contributed by atoms with van der Waals surface area (Å²) in [4.78, 5) is 20.9. The zero-order chi connectivity index (χ0) is 18.0. The van der Waals surface area contributed by atoms with Crippen LogP contribution in [0.5, 0.6) is 0 Å². The first-order chi connectivity index (χ1) is 12.0. The fourth-order valence-electron chi connectivity index (χ4n) is 2.40. The molecule has 0 saturated heterocycles. The van der Waals surface area contributed by atoms with E-state index in [-0.39, 0.29) is 30.3 Å². The summed E-state index contributed by atoms with van der Waals surface area (Å²) in [6, 6.07) is 8.25. The number of esters is 1. The molecule has 1 N–H and O–H groups in total. The van der Waals surface area contributed by atoms with Gasteiger partial charge in [0.05, 0.1) is 18.0 Å². The van der Waals surface area contributed by atoms with Crippen molar-refractivity contribution in [3.05, 3.63) is 58.1 Å². The predicted molar refractivity (Wildman–Crippen MR) is 105 cm³/mol. The number of hydrogen-bond acceptors (Lipinski definition) is 5. The normalized spacial score (nSPS) is 10.3. The first-order valence-corrected chi connectivity index (χ1v) is 8.44. The van der Waals surface area contributed by atoms with E-state index in [1.165, 1.54) is 12.3 Å². The fraction of sp³-hybridized carbons (Fsp3) is 0.167. The third-order valence-electron chi connectivity index (χ3n) is 3.56. The molecule has 0 unspecified atom stereocenters. The summed E-state index contributed by atoms with van der Waals surface area (Å²) in [5.41, 5.74) is 2.14. The number of carbonyl (C=O) groups excluding carboxylic acids is 1. The van der Waals surface area contributed by atoms with Gasteiger partial charge in [-0.2, -0.15) is 0 Å². The number of fused-ring (bicyclic) bond motifs is 1. The molecule has 8 heteroatoms. The predicted octanol–water partition coefficient (Wildman–Crippen LogP) is 5.18. The monoisotopic (exact) mass is 439 g/mol. The summed E-state index contributed by atoms with van der Waals surface area (Å²) in [6.07, 6.45) is 1.39. The van der Waals surface area contributed by atoms with Crippen LogP contribution in [0.4, 0.5) is 15.8 Å². The van der Waals surface area contributed by atoms with E-state index in [0.717, 1.165) is 5.69 Å². The van der Waals surface area contributed by atoms with Gasteiger partial charge in [0.2, 0.25) is 0 Å². The van der Waals surface area contributed by atoms with E-state index >= 15 is 0 Å². The van der Waals surface area contributed by atoms with Crippen molar-refractivity contribution in [2.24, 2.45) is 0 Å². The zero-order valence-corrected chi connectivity index (χ0v) is 16.4. The van der Waals surface area contributed by atoms with Crippen LogP contribution in [0, 0.1) is 12.7 Å². The van der Waals surface area contributed by atoms with Gasteiger partial charge in [-0.3, -0.25) is 0 Å². The minimum atomic E-state index is -0.530. The largest absolute Gasteiger partial charge is 0.462 e. The number of nitrogens with zero attached hydrogens (tertiary/aromatic N) is 2. The standard InChI is InChI=1S/C18H15BrFN3O2.ClH/c1-3-25-18(24)13-9-21-17-12(6-4-10(2)22-17)16(13)23-15-7-5-11(19)8-14(15)20;/h4-9H,3H2,1-2H3,(H,21,22,23);1H. The van der Waals surface area contributed by atoms with Crippen LogP contribution in [0.3, 0.4) is 0 Å². The quantitative estimate of drug-likeness (QED) is 0.566. The highest BCUT2D eigenvalue weighted by atomic mass is 79.9. The number of anilines is 2. The number of benzene rings is 1. The van der Waals surface area contributed by atoms with Gasteiger partial charge in [0, 0.05) is 21.7 Å². The van der Waals surface area contributed by atoms with Crippen LogP contribution in [0.2, 0.25) is 0 Å². The van der Waals surface area contributed by atoms with E-state index in [0.29, 0.717) is 21.2 Å². The van der Waals surface area contributed by atoms with Gasteiger partial charge in [0.15, 0.2) is 5.65 Å². The van der Waals surface area contributed by atoms with E-state index in [2.05, 4.69) is 31.2 Å². The summed E-state index contributed by atoms with van der Waals surface area (Å²) in [7, 11) is 0. The van der Waals surface area contributed by atoms with Crippen molar-refractivity contribution in [2.75, 3.05) is 11.9 Å². The molecule has 3 aromatic rings. The van der Waals surface area contributed by atoms with E-state index in [1.807, 2.05) is 13.0 Å². The number of hydrogen-bond donors (Lipinski definition) is 1. The molecule has 1 aromatic carbocycles. The number of pyridine rings is 2. The van der Waals surface area contributed by atoms with Crippen LogP contribution in [-0.2, 0) is 4.74 Å². The average Bonchev–Trinajstić information content (AvgIpc) is 2.57. The van der Waals surface area contributed by atoms with Gasteiger partial charge < -0.3 is 10.1 Å². The Labute approximate surface area is 164 Å². The summed E-state index contributed by atoms with van der Waals surface area (Å²) >= 11 is 3.23. The van der Waals surface area contributed by atoms with E-state index in [9.17, 15) is 9.18 Å². The van der Waals surface area contributed by atoms with Crippen molar-refractivity contribution in [3.63, 3.8) is 0 Å². The number of ether oxygens (including phenoxy) is 1. The van der Waals surface area contributed by atoms with Crippen molar-refractivity contribution in [1.82, 2.24) is 9.97 Å². The minimum absolute atomic E-state index is 0. The van der Waals surface area contributed by atoms with Gasteiger partial charge in [-0.15, -0.1) is 12.4 Å². The van der Waals surface area contributed by atoms with Crippen LogP contribution >= 0.6 is 28.3 Å². The number of aromatic nitrogens is 2. The van der Waals surface area contributed by atoms with Crippen molar-refractivity contribution < 1.29 is 13.9 Å². The molecule has 0 aliphatic rings. The molecule has 0 atom stereocenters. The second-order valence-corrected chi connectivity index (χ2v) is 6.26. The van der Waals surface area contributed by atoms with Gasteiger partial charge in [-0.1, -0.05) is 15.9 Å². The molecule has 5 nitrogen and oxygen atoms in total. The molecule has 2 heterocycles. The number of halogens is 3. The lowest BCUT2D eigenvalue weighted by molar-refractivity contribution is 0.0527. The van der Waals surface area contributed by atoms with Gasteiger partial charge in [0.1, 0.15) is 11.4 Å². The molecule has 26 heavy (non-hydrogen) atoms. The summed E-state index contributed by atoms with van der Waals surface area (Å²) < 4.78 is 20.0. The third kappa shape index (κ3) is 4.11. The molecular weight excluding hydrogens is 425 g/mol. The highest BCUT2D eigenvalue weighted by Crippen LogP contribution is 2.31. The summed E-state index contributed by atoms with van der Waals surface area (Å²) in [6.45, 7) is 3.80. The minimum Gasteiger partial charge on any atom is -0.462 e. The maximum atomic E-state index is 14.2. The van der Waals surface area contributed by atoms with Crippen molar-refractivity contribution in [3.8, 4) is 0 Å². The molecule has 0 bridgehead atoms. The molecular formula is C18H16BrClFN3O2. The number of nitrogens with one attached hydrogen (secondary N) is 1. The molecule has 0 aliphatic heterocycles. The summed E-state index contributed by atoms with van der Waals surface area (Å²) in [5, 5.41) is 3.60. The number of carbonyl (C=O) groups is 1. The highest BCUT2D eigenvalue weighted by Gasteiger charge is 2.18. The highest BCUT2D eigenvalue weighted by molar-refractivity contribution is 9.10. The first kappa shape index (κ1) is 20.1. The zero-order valence-electron chi connectivity index (χ0n) is 14.0. The number of aryl methyl sites for hydroxylation is 1. The maximum Gasteiger partial charge on any atom is 0.341 e. The third-order valence-corrected chi connectivity index (χ3v) is 4.05. The Bertz CT molecular complexity index is 969. The topological polar surface area (TPSA) is 64.1 Å². The first-order valence-electron chi connectivity index (χ1n) is 7.65. The molecule has 0 radical (unpaired) electrons. The van der Waals surface area contributed by atoms with Gasteiger partial charge in [-0.05, 0) is 44.2 Å². The van der Waals surface area contributed by atoms with Gasteiger partial charge in [-0.25, -0.2) is 19.2 Å². The van der Waals surface area contributed by atoms with Crippen LogP contribution in [0.25, 0.3) is 11.0 Å². The maximum absolute atomic E-state index is 14.2. The lowest BCUT2D eigenvalue weighted by atomic mass is 10.1. The Morgan fingerprint density at radius 2 is 2.08 bits per heavy atom. The Hall–Kier alpha value is -2.25. The lowest BCUT2D eigenvalue weighted by Crippen LogP contribution is -2.10. The van der Waals surface area contributed by atoms with Gasteiger partial charge >= 0.3 is 5.97 Å². The van der Waals surface area contributed by atoms with Crippen LogP contribution in [0.15, 0.2) is 41.0 Å². The Morgan fingerprint density at radius 3 is 2.77 bits per heavy atom. The molecule has 3 rings (SSSR count). The molecule has 0 spiro atoms. The second kappa shape index (κ2) is 8.42. The van der Waals surface area contributed by atoms with Crippen molar-refractivity contribution in [1.29, 1.82) is 0 Å². The van der Waals surface area contributed by atoms with Crippen LogP contribution in [-0.4, -0.2) is 22.5 Å². The molecule has 0 aliphatic carbocycles. The van der Waals surface area contributed by atoms with Crippen LogP contribution in [0.1, 0.15) is 23.0 Å². The molecule has 0 saturated carbocycles. The van der Waals surface area contributed by atoms with Crippen molar-refractivity contribution in [2.45, 2.75) is 13.8 Å². The Morgan fingerprint density at radius 1 is 1.31 bits per heavy atom. The second-order valence-electron chi connectivity index (χ2n) is 5.34. The van der Waals surface area contributed by atoms with E-state index in [4.69, 9.17) is 4.74 Å². The fourth-order valence-corrected chi connectivity index (χ4v) is 2.73. The lowest BCUT2D eigenvalue weighted by Gasteiger charge is -2.14. The SMILES string of the molecule is CCOC(=O)c1cnc2nc(C)ccc2c1Nc1ccc(Br)cc1F.Cl. The van der Waals surface area contributed by atoms with Crippen molar-refractivity contribution >= 4 is 56.7 Å². The average molecular weight is 441 g/mol. The van der Waals surface area contributed by atoms with Crippen LogP contribution < -0.4 is 5.32 Å². The van der Waals surface area contributed by atoms with Gasteiger partial charge in [0.25, 0.3) is 0 Å². The molecule has 136 valence electrons. The summed E-state index contributed by atoms with van der Waals surface area (Å²) in [5.74, 6) is -0.980. The molecule has 0 amide bonds. The molecule has 0 fully saturated rings. The Kier molecular flexibility index (Phi) is 6.50. The van der Waals surface area contributed by atoms with E-state index < -0.39 is 11.8 Å².